The van der Waals surface area contributed by atoms with E-state index in [0.717, 1.165) is 15.8 Å². The molecule has 1 aliphatic rings. The lowest BCUT2D eigenvalue weighted by atomic mass is 10.2. The Morgan fingerprint density at radius 2 is 2.21 bits per heavy atom. The molecule has 5 nitrogen and oxygen atoms in total. The van der Waals surface area contributed by atoms with Gasteiger partial charge in [-0.3, -0.25) is 10.1 Å². The maximum absolute atomic E-state index is 11.6. The van der Waals surface area contributed by atoms with Crippen LogP contribution in [0.5, 0.6) is 0 Å². The third-order valence-electron chi connectivity index (χ3n) is 2.45. The summed E-state index contributed by atoms with van der Waals surface area (Å²) in [5.41, 5.74) is 7.03. The molecule has 1 aromatic rings. The van der Waals surface area contributed by atoms with Crippen molar-refractivity contribution in [1.82, 2.24) is 5.32 Å². The van der Waals surface area contributed by atoms with Crippen LogP contribution < -0.4 is 11.1 Å². The molecule has 7 heteroatoms. The van der Waals surface area contributed by atoms with Gasteiger partial charge in [0, 0.05) is 5.75 Å². The number of imide groups is 1. The molecule has 1 atom stereocenters. The molecule has 0 radical (unpaired) electrons. The summed E-state index contributed by atoms with van der Waals surface area (Å²) in [6.07, 6.45) is 0. The highest BCUT2D eigenvalue weighted by atomic mass is 32.2. The highest BCUT2D eigenvalue weighted by Gasteiger charge is 2.20. The fourth-order valence-corrected chi connectivity index (χ4v) is 3.69. The maximum atomic E-state index is 11.6. The van der Waals surface area contributed by atoms with Crippen LogP contribution in [0.3, 0.4) is 0 Å². The van der Waals surface area contributed by atoms with Crippen molar-refractivity contribution >= 4 is 45.5 Å². The Kier molecular flexibility index (Phi) is 4.49. The van der Waals surface area contributed by atoms with Crippen LogP contribution in [0.25, 0.3) is 0 Å². The Bertz CT molecular complexity index is 546. The van der Waals surface area contributed by atoms with Crippen molar-refractivity contribution in [3.8, 4) is 0 Å². The molecule has 100 valence electrons. The first kappa shape index (κ1) is 14.0. The number of benzene rings is 1. The third kappa shape index (κ3) is 3.74. The van der Waals surface area contributed by atoms with E-state index in [4.69, 9.17) is 5.73 Å². The second kappa shape index (κ2) is 6.12. The first-order chi connectivity index (χ1) is 9.06. The van der Waals surface area contributed by atoms with Crippen molar-refractivity contribution in [3.63, 3.8) is 0 Å². The van der Waals surface area contributed by atoms with Gasteiger partial charge < -0.3 is 5.73 Å². The summed E-state index contributed by atoms with van der Waals surface area (Å²) in [4.78, 5) is 26.7. The zero-order valence-electron chi connectivity index (χ0n) is 10.3. The normalized spacial score (nSPS) is 15.1. The van der Waals surface area contributed by atoms with Crippen LogP contribution in [-0.2, 0) is 10.5 Å². The fourth-order valence-electron chi connectivity index (χ4n) is 1.50. The molecule has 1 aliphatic heterocycles. The van der Waals surface area contributed by atoms with Gasteiger partial charge in [-0.15, -0.1) is 0 Å². The van der Waals surface area contributed by atoms with Crippen molar-refractivity contribution in [2.45, 2.75) is 17.9 Å². The molecule has 0 unspecified atom stereocenters. The minimum absolute atomic E-state index is 0.403. The van der Waals surface area contributed by atoms with E-state index in [2.05, 4.69) is 10.3 Å². The van der Waals surface area contributed by atoms with E-state index < -0.39 is 17.2 Å². The number of fused-ring (bicyclic) bond motifs is 1. The molecule has 1 heterocycles. The summed E-state index contributed by atoms with van der Waals surface area (Å²) in [6, 6.07) is 7.07. The van der Waals surface area contributed by atoms with E-state index in [1.54, 1.807) is 18.7 Å². The average Bonchev–Trinajstić information content (AvgIpc) is 2.37. The van der Waals surface area contributed by atoms with Crippen molar-refractivity contribution < 1.29 is 9.59 Å². The predicted molar refractivity (Wildman–Crippen MR) is 79.6 cm³/mol. The summed E-state index contributed by atoms with van der Waals surface area (Å²) in [5.74, 6) is 0.436. The minimum atomic E-state index is -0.832. The van der Waals surface area contributed by atoms with Gasteiger partial charge in [-0.2, -0.15) is 0 Å². The number of nitrogens with zero attached hydrogens (tertiary/aromatic N) is 1. The number of hydrogen-bond acceptors (Lipinski definition) is 5. The number of aliphatic imine (C=N–C) groups is 1. The van der Waals surface area contributed by atoms with E-state index in [1.165, 1.54) is 17.3 Å². The maximum Gasteiger partial charge on any atom is 0.318 e. The zero-order valence-corrected chi connectivity index (χ0v) is 11.9. The molecule has 19 heavy (non-hydrogen) atoms. The van der Waals surface area contributed by atoms with Crippen LogP contribution in [0.15, 0.2) is 29.3 Å². The SMILES string of the molecule is C[C@H](SC1=Nc2ccccc2CS1)C(=O)NC(N)=O. The van der Waals surface area contributed by atoms with E-state index >= 15 is 0 Å². The largest absolute Gasteiger partial charge is 0.351 e. The molecule has 1 aromatic carbocycles. The van der Waals surface area contributed by atoms with E-state index in [0.29, 0.717) is 0 Å². The third-order valence-corrected chi connectivity index (χ3v) is 4.74. The number of nitrogens with two attached hydrogens (primary N) is 1. The number of carbonyl (C=O) groups excluding carboxylic acids is 2. The molecule has 0 saturated heterocycles. The Labute approximate surface area is 119 Å². The summed E-state index contributed by atoms with van der Waals surface area (Å²) in [6.45, 7) is 1.71. The van der Waals surface area contributed by atoms with Crippen molar-refractivity contribution in [2.24, 2.45) is 10.7 Å². The van der Waals surface area contributed by atoms with Gasteiger partial charge in [-0.1, -0.05) is 41.7 Å². The Morgan fingerprint density at radius 1 is 1.47 bits per heavy atom. The Hall–Kier alpha value is -1.47. The van der Waals surface area contributed by atoms with Gasteiger partial charge in [-0.05, 0) is 18.6 Å². The molecular weight excluding hydrogens is 282 g/mol. The lowest BCUT2D eigenvalue weighted by Gasteiger charge is -2.16. The topological polar surface area (TPSA) is 84.6 Å². The Balaban J connectivity index is 2.03. The van der Waals surface area contributed by atoms with Crippen LogP contribution in [0, 0.1) is 0 Å². The highest BCUT2D eigenvalue weighted by Crippen LogP contribution is 2.35. The highest BCUT2D eigenvalue weighted by molar-refractivity contribution is 8.39. The first-order valence-electron chi connectivity index (χ1n) is 5.62. The second-order valence-corrected chi connectivity index (χ2v) is 6.46. The van der Waals surface area contributed by atoms with E-state index in [-0.39, 0.29) is 0 Å². The number of urea groups is 1. The van der Waals surface area contributed by atoms with Gasteiger partial charge in [-0.25, -0.2) is 9.79 Å². The number of rotatable bonds is 2. The predicted octanol–water partition coefficient (Wildman–Crippen LogP) is 2.24. The van der Waals surface area contributed by atoms with Gasteiger partial charge in [0.05, 0.1) is 10.9 Å². The summed E-state index contributed by atoms with van der Waals surface area (Å²) in [5, 5.41) is 1.65. The summed E-state index contributed by atoms with van der Waals surface area (Å²) in [7, 11) is 0. The fraction of sp³-hybridized carbons (Fsp3) is 0.250. The van der Waals surface area contributed by atoms with Gasteiger partial charge in [0.15, 0.2) is 0 Å². The summed E-state index contributed by atoms with van der Waals surface area (Å²) >= 11 is 2.91. The number of carbonyl (C=O) groups is 2. The molecule has 0 aromatic heterocycles. The zero-order chi connectivity index (χ0) is 13.8. The van der Waals surface area contributed by atoms with Crippen LogP contribution in [0.1, 0.15) is 12.5 Å². The molecule has 2 rings (SSSR count). The number of para-hydroxylation sites is 1. The molecule has 3 N–H and O–H groups in total. The standard InChI is InChI=1S/C12H13N3O2S2/c1-7(10(16)15-11(13)17)19-12-14-9-5-3-2-4-8(9)6-18-12/h2-5,7H,6H2,1H3,(H3,13,15,16,17)/t7-/m0/s1. The lowest BCUT2D eigenvalue weighted by molar-refractivity contribution is -0.119. The molecular formula is C12H13N3O2S2. The average molecular weight is 295 g/mol. The molecule has 0 fully saturated rings. The van der Waals surface area contributed by atoms with Gasteiger partial charge >= 0.3 is 6.03 Å². The van der Waals surface area contributed by atoms with E-state index in [9.17, 15) is 9.59 Å². The van der Waals surface area contributed by atoms with Crippen LogP contribution >= 0.6 is 23.5 Å². The van der Waals surface area contributed by atoms with Crippen molar-refractivity contribution in [3.05, 3.63) is 29.8 Å². The van der Waals surface area contributed by atoms with Gasteiger partial charge in [0.1, 0.15) is 4.38 Å². The van der Waals surface area contributed by atoms with Crippen LogP contribution in [0.4, 0.5) is 10.5 Å². The Morgan fingerprint density at radius 3 is 2.95 bits per heavy atom. The molecule has 0 aliphatic carbocycles. The number of thioether (sulfide) groups is 2. The smallest absolute Gasteiger partial charge is 0.318 e. The van der Waals surface area contributed by atoms with Gasteiger partial charge in [0.2, 0.25) is 5.91 Å². The van der Waals surface area contributed by atoms with Crippen LogP contribution in [0.2, 0.25) is 0 Å². The second-order valence-electron chi connectivity index (χ2n) is 3.91. The molecule has 0 saturated carbocycles. The van der Waals surface area contributed by atoms with Crippen LogP contribution in [-0.4, -0.2) is 21.6 Å². The molecule has 0 bridgehead atoms. The monoisotopic (exact) mass is 295 g/mol. The van der Waals surface area contributed by atoms with Crippen molar-refractivity contribution in [1.29, 1.82) is 0 Å². The summed E-state index contributed by atoms with van der Waals surface area (Å²) < 4.78 is 0.825. The number of hydrogen-bond donors (Lipinski definition) is 2. The number of amides is 3. The molecule has 0 spiro atoms. The number of primary amides is 1. The quantitative estimate of drug-likeness (QED) is 0.876. The molecule has 3 amide bonds. The van der Waals surface area contributed by atoms with Crippen molar-refractivity contribution in [2.75, 3.05) is 0 Å². The first-order valence-corrected chi connectivity index (χ1v) is 7.49. The van der Waals surface area contributed by atoms with Gasteiger partial charge in [0.25, 0.3) is 0 Å². The lowest BCUT2D eigenvalue weighted by Crippen LogP contribution is -2.39. The number of nitrogens with one attached hydrogen (secondary N) is 1. The minimum Gasteiger partial charge on any atom is -0.351 e. The van der Waals surface area contributed by atoms with E-state index in [1.807, 2.05) is 24.3 Å².